The molecule has 1 aromatic heterocycles. The van der Waals surface area contributed by atoms with Crippen molar-refractivity contribution in [3.05, 3.63) is 40.1 Å². The van der Waals surface area contributed by atoms with E-state index in [0.29, 0.717) is 49.2 Å². The molecule has 4 saturated heterocycles. The molecule has 0 spiro atoms. The van der Waals surface area contributed by atoms with Crippen molar-refractivity contribution in [2.24, 2.45) is 0 Å². The van der Waals surface area contributed by atoms with Gasteiger partial charge in [-0.05, 0) is 32.2 Å². The van der Waals surface area contributed by atoms with Gasteiger partial charge in [0.25, 0.3) is 0 Å². The Morgan fingerprint density at radius 1 is 1.14 bits per heavy atom. The number of alkyl halides is 4. The van der Waals surface area contributed by atoms with Crippen molar-refractivity contribution in [2.45, 2.75) is 81.2 Å². The molecule has 1 aromatic carbocycles. The second-order valence-electron chi connectivity index (χ2n) is 12.2. The van der Waals surface area contributed by atoms with Gasteiger partial charge in [0.2, 0.25) is 0 Å². The molecule has 4 fully saturated rings. The molecule has 0 saturated carbocycles. The molecule has 2 bridgehead atoms. The molecule has 0 amide bonds. The molecule has 42 heavy (non-hydrogen) atoms. The number of aromatic nitrogens is 2. The summed E-state index contributed by atoms with van der Waals surface area (Å²) < 4.78 is 97.7. The third kappa shape index (κ3) is 4.75. The Labute approximate surface area is 238 Å². The van der Waals surface area contributed by atoms with E-state index in [2.05, 4.69) is 20.1 Å². The number of hydrogen-bond donors (Lipinski definition) is 2. The minimum absolute atomic E-state index is 0.0223. The highest BCUT2D eigenvalue weighted by atomic mass is 19.4. The predicted octanol–water partition coefficient (Wildman–Crippen LogP) is 4.07. The SMILES string of the molecule is Nc1cc(F)c(C(F)(F)F)c([C@H]2Cc3nc(OC[C@@]45CCCN4C[C@H](F)C5)nc(N4CC5CCC(C4)N5)c3CO2)c1F. The fourth-order valence-corrected chi connectivity index (χ4v) is 7.62. The van der Waals surface area contributed by atoms with Crippen molar-refractivity contribution in [1.29, 1.82) is 0 Å². The van der Waals surface area contributed by atoms with Crippen LogP contribution in [0.1, 0.15) is 60.6 Å². The van der Waals surface area contributed by atoms with Crippen LogP contribution in [0.2, 0.25) is 0 Å². The summed E-state index contributed by atoms with van der Waals surface area (Å²) in [6.45, 7) is 2.43. The highest BCUT2D eigenvalue weighted by Gasteiger charge is 2.50. The van der Waals surface area contributed by atoms with Crippen LogP contribution in [0.25, 0.3) is 0 Å². The van der Waals surface area contributed by atoms with E-state index in [4.69, 9.17) is 20.2 Å². The lowest BCUT2D eigenvalue weighted by atomic mass is 9.93. The molecule has 5 aliphatic rings. The van der Waals surface area contributed by atoms with Crippen molar-refractivity contribution in [3.63, 3.8) is 0 Å². The number of fused-ring (bicyclic) bond motifs is 4. The number of nitrogens with one attached hydrogen (secondary N) is 1. The second kappa shape index (κ2) is 10.1. The third-order valence-corrected chi connectivity index (χ3v) is 9.49. The van der Waals surface area contributed by atoms with Gasteiger partial charge in [-0.3, -0.25) is 4.90 Å². The van der Waals surface area contributed by atoms with Gasteiger partial charge in [0.1, 0.15) is 30.0 Å². The maximum absolute atomic E-state index is 15.1. The van der Waals surface area contributed by atoms with Gasteiger partial charge >= 0.3 is 12.2 Å². The fourth-order valence-electron chi connectivity index (χ4n) is 7.62. The van der Waals surface area contributed by atoms with Crippen LogP contribution in [0.5, 0.6) is 6.01 Å². The summed E-state index contributed by atoms with van der Waals surface area (Å²) in [6.07, 6.45) is -3.80. The zero-order valence-corrected chi connectivity index (χ0v) is 22.8. The number of rotatable bonds is 5. The van der Waals surface area contributed by atoms with Crippen LogP contribution in [-0.4, -0.2) is 71.4 Å². The number of benzene rings is 1. The van der Waals surface area contributed by atoms with Crippen LogP contribution >= 0.6 is 0 Å². The quantitative estimate of drug-likeness (QED) is 0.394. The van der Waals surface area contributed by atoms with Crippen molar-refractivity contribution >= 4 is 11.5 Å². The Balaban J connectivity index is 1.25. The summed E-state index contributed by atoms with van der Waals surface area (Å²) in [7, 11) is 0. The van der Waals surface area contributed by atoms with E-state index in [1.165, 1.54) is 0 Å². The molecule has 3 N–H and O–H groups in total. The largest absolute Gasteiger partial charge is 0.461 e. The molecule has 7 rings (SSSR count). The van der Waals surface area contributed by atoms with Gasteiger partial charge in [-0.2, -0.15) is 23.1 Å². The molecule has 228 valence electrons. The summed E-state index contributed by atoms with van der Waals surface area (Å²) >= 11 is 0. The average molecular weight is 599 g/mol. The normalized spacial score (nSPS) is 31.0. The Hall–Kier alpha value is -2.84. The first-order valence-corrected chi connectivity index (χ1v) is 14.4. The smallest absolute Gasteiger partial charge is 0.419 e. The molecular weight excluding hydrogens is 566 g/mol. The van der Waals surface area contributed by atoms with Crippen LogP contribution in [0.3, 0.4) is 0 Å². The van der Waals surface area contributed by atoms with Crippen LogP contribution in [0.4, 0.5) is 37.8 Å². The van der Waals surface area contributed by atoms with Gasteiger partial charge in [-0.1, -0.05) is 0 Å². The van der Waals surface area contributed by atoms with Crippen LogP contribution in [0, 0.1) is 11.6 Å². The maximum atomic E-state index is 15.1. The number of hydrogen-bond acceptors (Lipinski definition) is 8. The zero-order chi connectivity index (χ0) is 29.4. The summed E-state index contributed by atoms with van der Waals surface area (Å²) in [5, 5.41) is 3.56. The summed E-state index contributed by atoms with van der Waals surface area (Å²) in [5.41, 5.74) is 2.53. The zero-order valence-electron chi connectivity index (χ0n) is 22.8. The number of ether oxygens (including phenoxy) is 2. The molecule has 2 unspecified atom stereocenters. The molecule has 0 radical (unpaired) electrons. The Morgan fingerprint density at radius 2 is 1.90 bits per heavy atom. The molecule has 5 atom stereocenters. The van der Waals surface area contributed by atoms with Crippen molar-refractivity contribution in [3.8, 4) is 6.01 Å². The topological polar surface area (TPSA) is 88.8 Å². The van der Waals surface area contributed by atoms with Gasteiger partial charge in [0.05, 0.1) is 29.6 Å². The number of piperazine rings is 1. The number of nitrogens with zero attached hydrogens (tertiary/aromatic N) is 4. The minimum Gasteiger partial charge on any atom is -0.461 e. The lowest BCUT2D eigenvalue weighted by Gasteiger charge is -2.37. The van der Waals surface area contributed by atoms with Crippen LogP contribution in [-0.2, 0) is 23.9 Å². The first kappa shape index (κ1) is 28.0. The first-order valence-electron chi connectivity index (χ1n) is 14.4. The molecule has 8 nitrogen and oxygen atoms in total. The average Bonchev–Trinajstić information content (AvgIpc) is 3.58. The standard InChI is InChI=1S/C28H32F6N6O2/c29-14-8-27(4-1-5-40(27)9-14)13-42-26-37-20-7-21(22-23(28(32,33)34)18(30)6-19(35)24(22)31)41-12-17(20)25(38-26)39-10-15-2-3-16(11-39)36-15/h6,14-16,21,36H,1-5,7-13,35H2/t14-,15?,16?,21-,27+/m1/s1. The molecule has 6 heterocycles. The number of halogens is 6. The van der Waals surface area contributed by atoms with Crippen LogP contribution in [0.15, 0.2) is 6.07 Å². The fraction of sp³-hybridized carbons (Fsp3) is 0.643. The summed E-state index contributed by atoms with van der Waals surface area (Å²) in [4.78, 5) is 13.5. The lowest BCUT2D eigenvalue weighted by molar-refractivity contribution is -0.142. The van der Waals surface area contributed by atoms with E-state index in [1.807, 2.05) is 0 Å². The lowest BCUT2D eigenvalue weighted by Crippen LogP contribution is -2.52. The molecular formula is C28H32F6N6O2. The molecule has 14 heteroatoms. The van der Waals surface area contributed by atoms with Crippen LogP contribution < -0.4 is 20.7 Å². The van der Waals surface area contributed by atoms with Crippen molar-refractivity contribution in [2.75, 3.05) is 43.4 Å². The Kier molecular flexibility index (Phi) is 6.74. The van der Waals surface area contributed by atoms with Crippen molar-refractivity contribution in [1.82, 2.24) is 20.2 Å². The summed E-state index contributed by atoms with van der Waals surface area (Å²) in [5.74, 6) is -2.49. The highest BCUT2D eigenvalue weighted by molar-refractivity contribution is 5.54. The first-order chi connectivity index (χ1) is 20.0. The maximum Gasteiger partial charge on any atom is 0.419 e. The summed E-state index contributed by atoms with van der Waals surface area (Å²) in [6, 6.07) is 0.885. The van der Waals surface area contributed by atoms with Gasteiger partial charge in [0.15, 0.2) is 5.82 Å². The second-order valence-corrected chi connectivity index (χ2v) is 12.2. The number of nitrogens with two attached hydrogens (primary N) is 1. The van der Waals surface area contributed by atoms with E-state index in [-0.39, 0.29) is 37.7 Å². The van der Waals surface area contributed by atoms with E-state index >= 15 is 4.39 Å². The van der Waals surface area contributed by atoms with Gasteiger partial charge in [-0.25, -0.2) is 13.2 Å². The molecule has 0 aliphatic carbocycles. The van der Waals surface area contributed by atoms with E-state index < -0.39 is 52.4 Å². The van der Waals surface area contributed by atoms with E-state index in [9.17, 15) is 22.0 Å². The Morgan fingerprint density at radius 3 is 2.64 bits per heavy atom. The van der Waals surface area contributed by atoms with Crippen molar-refractivity contribution < 1.29 is 35.8 Å². The predicted molar refractivity (Wildman–Crippen MR) is 140 cm³/mol. The van der Waals surface area contributed by atoms with Gasteiger partial charge in [-0.15, -0.1) is 0 Å². The third-order valence-electron chi connectivity index (χ3n) is 9.49. The highest BCUT2D eigenvalue weighted by Crippen LogP contribution is 2.45. The Bertz CT molecular complexity index is 1380. The minimum atomic E-state index is -5.18. The number of anilines is 2. The van der Waals surface area contributed by atoms with Gasteiger partial charge in [0, 0.05) is 61.8 Å². The molecule has 5 aliphatic heterocycles. The van der Waals surface area contributed by atoms with E-state index in [1.54, 1.807) is 0 Å². The van der Waals surface area contributed by atoms with Gasteiger partial charge < -0.3 is 25.4 Å². The number of nitrogen functional groups attached to an aromatic ring is 1. The monoisotopic (exact) mass is 598 g/mol. The van der Waals surface area contributed by atoms with E-state index in [0.717, 1.165) is 32.2 Å². The molecule has 2 aromatic rings.